The van der Waals surface area contributed by atoms with E-state index in [-0.39, 0.29) is 0 Å². The standard InChI is InChI=1S/C14H17N3/c1-15-8-10-9-16-14(17-11-6-7-11)13-5-3-2-4-12(10)13/h2-5,9,11,15H,6-8H2,1H3,(H,16,17). The Hall–Kier alpha value is -1.61. The topological polar surface area (TPSA) is 37.0 Å². The SMILES string of the molecule is CNCc1cnc(NC2CC2)c2ccccc12. The van der Waals surface area contributed by atoms with Crippen LogP contribution in [0.25, 0.3) is 10.8 Å². The van der Waals surface area contributed by atoms with Crippen molar-refractivity contribution in [2.75, 3.05) is 12.4 Å². The maximum atomic E-state index is 4.55. The summed E-state index contributed by atoms with van der Waals surface area (Å²) in [6.45, 7) is 0.858. The van der Waals surface area contributed by atoms with Crippen LogP contribution in [0.4, 0.5) is 5.82 Å². The lowest BCUT2D eigenvalue weighted by Crippen LogP contribution is -2.08. The zero-order chi connectivity index (χ0) is 11.7. The lowest BCUT2D eigenvalue weighted by atomic mass is 10.1. The van der Waals surface area contributed by atoms with E-state index >= 15 is 0 Å². The van der Waals surface area contributed by atoms with Gasteiger partial charge in [0.2, 0.25) is 0 Å². The maximum absolute atomic E-state index is 4.55. The molecule has 0 atom stereocenters. The molecule has 0 saturated heterocycles. The van der Waals surface area contributed by atoms with Crippen molar-refractivity contribution < 1.29 is 0 Å². The van der Waals surface area contributed by atoms with Gasteiger partial charge in [0, 0.05) is 24.2 Å². The van der Waals surface area contributed by atoms with Gasteiger partial charge >= 0.3 is 0 Å². The quantitative estimate of drug-likeness (QED) is 0.842. The molecular weight excluding hydrogens is 210 g/mol. The van der Waals surface area contributed by atoms with E-state index in [9.17, 15) is 0 Å². The Morgan fingerprint density at radius 3 is 2.71 bits per heavy atom. The summed E-state index contributed by atoms with van der Waals surface area (Å²) in [5.41, 5.74) is 1.25. The van der Waals surface area contributed by atoms with Gasteiger partial charge in [-0.1, -0.05) is 24.3 Å². The molecule has 1 aromatic carbocycles. The van der Waals surface area contributed by atoms with E-state index in [1.165, 1.54) is 29.2 Å². The van der Waals surface area contributed by atoms with Crippen molar-refractivity contribution in [1.29, 1.82) is 0 Å². The molecule has 1 aromatic heterocycles. The summed E-state index contributed by atoms with van der Waals surface area (Å²) < 4.78 is 0. The summed E-state index contributed by atoms with van der Waals surface area (Å²) in [7, 11) is 1.96. The fourth-order valence-corrected chi connectivity index (χ4v) is 2.12. The Kier molecular flexibility index (Phi) is 2.69. The predicted octanol–water partition coefficient (Wildman–Crippen LogP) is 2.53. The third-order valence-electron chi connectivity index (χ3n) is 3.16. The number of benzene rings is 1. The second-order valence-electron chi connectivity index (χ2n) is 4.63. The van der Waals surface area contributed by atoms with Crippen LogP contribution in [0.3, 0.4) is 0 Å². The number of hydrogen-bond donors (Lipinski definition) is 2. The molecule has 3 rings (SSSR count). The molecule has 0 amide bonds. The zero-order valence-corrected chi connectivity index (χ0v) is 10.0. The largest absolute Gasteiger partial charge is 0.367 e. The lowest BCUT2D eigenvalue weighted by molar-refractivity contribution is 0.820. The first kappa shape index (κ1) is 10.5. The maximum Gasteiger partial charge on any atom is 0.134 e. The highest BCUT2D eigenvalue weighted by molar-refractivity contribution is 5.94. The van der Waals surface area contributed by atoms with Crippen molar-refractivity contribution in [3.05, 3.63) is 36.0 Å². The van der Waals surface area contributed by atoms with Gasteiger partial charge in [-0.15, -0.1) is 0 Å². The van der Waals surface area contributed by atoms with E-state index < -0.39 is 0 Å². The minimum Gasteiger partial charge on any atom is -0.367 e. The summed E-state index contributed by atoms with van der Waals surface area (Å²) in [5, 5.41) is 9.21. The first-order valence-corrected chi connectivity index (χ1v) is 6.16. The van der Waals surface area contributed by atoms with E-state index in [2.05, 4.69) is 39.9 Å². The number of fused-ring (bicyclic) bond motifs is 1. The first-order chi connectivity index (χ1) is 8.38. The van der Waals surface area contributed by atoms with Gasteiger partial charge in [-0.2, -0.15) is 0 Å². The highest BCUT2D eigenvalue weighted by atomic mass is 15.0. The van der Waals surface area contributed by atoms with Gasteiger partial charge in [0.1, 0.15) is 5.82 Å². The van der Waals surface area contributed by atoms with Crippen molar-refractivity contribution in [1.82, 2.24) is 10.3 Å². The van der Waals surface area contributed by atoms with Crippen LogP contribution >= 0.6 is 0 Å². The Bertz CT molecular complexity index is 532. The molecule has 0 bridgehead atoms. The molecule has 3 heteroatoms. The van der Waals surface area contributed by atoms with Crippen molar-refractivity contribution in [3.63, 3.8) is 0 Å². The predicted molar refractivity (Wildman–Crippen MR) is 71.2 cm³/mol. The molecule has 3 nitrogen and oxygen atoms in total. The van der Waals surface area contributed by atoms with Gasteiger partial charge < -0.3 is 10.6 Å². The fraction of sp³-hybridized carbons (Fsp3) is 0.357. The van der Waals surface area contributed by atoms with Gasteiger partial charge in [0.25, 0.3) is 0 Å². The summed E-state index contributed by atoms with van der Waals surface area (Å²) in [6.07, 6.45) is 4.52. The molecule has 0 radical (unpaired) electrons. The van der Waals surface area contributed by atoms with Crippen molar-refractivity contribution >= 4 is 16.6 Å². The Balaban J connectivity index is 2.08. The van der Waals surface area contributed by atoms with Crippen LogP contribution in [-0.4, -0.2) is 18.1 Å². The third kappa shape index (κ3) is 2.11. The summed E-state index contributed by atoms with van der Waals surface area (Å²) in [4.78, 5) is 4.55. The van der Waals surface area contributed by atoms with Crippen LogP contribution in [0.5, 0.6) is 0 Å². The molecule has 0 unspecified atom stereocenters. The number of rotatable bonds is 4. The average Bonchev–Trinajstić information content (AvgIpc) is 3.17. The first-order valence-electron chi connectivity index (χ1n) is 6.16. The second-order valence-corrected chi connectivity index (χ2v) is 4.63. The highest BCUT2D eigenvalue weighted by Crippen LogP contribution is 2.29. The van der Waals surface area contributed by atoms with Crippen LogP contribution in [0.15, 0.2) is 30.5 Å². The summed E-state index contributed by atoms with van der Waals surface area (Å²) in [5.74, 6) is 1.03. The molecule has 17 heavy (non-hydrogen) atoms. The normalized spacial score (nSPS) is 15.1. The van der Waals surface area contributed by atoms with E-state index in [0.717, 1.165) is 12.4 Å². The Morgan fingerprint density at radius 1 is 1.24 bits per heavy atom. The van der Waals surface area contributed by atoms with E-state index in [4.69, 9.17) is 0 Å². The van der Waals surface area contributed by atoms with Gasteiger partial charge in [-0.05, 0) is 30.8 Å². The minimum absolute atomic E-state index is 0.640. The van der Waals surface area contributed by atoms with E-state index in [1.807, 2.05) is 13.2 Å². The van der Waals surface area contributed by atoms with E-state index in [1.54, 1.807) is 0 Å². The van der Waals surface area contributed by atoms with Gasteiger partial charge in [-0.3, -0.25) is 0 Å². The zero-order valence-electron chi connectivity index (χ0n) is 10.0. The van der Waals surface area contributed by atoms with Gasteiger partial charge in [0.15, 0.2) is 0 Å². The molecule has 1 heterocycles. The van der Waals surface area contributed by atoms with Gasteiger partial charge in [0.05, 0.1) is 0 Å². The van der Waals surface area contributed by atoms with Crippen LogP contribution in [0.2, 0.25) is 0 Å². The molecule has 1 aliphatic carbocycles. The molecule has 88 valence electrons. The number of anilines is 1. The molecule has 1 saturated carbocycles. The summed E-state index contributed by atoms with van der Waals surface area (Å²) in [6, 6.07) is 9.11. The highest BCUT2D eigenvalue weighted by Gasteiger charge is 2.22. The number of nitrogens with zero attached hydrogens (tertiary/aromatic N) is 1. The van der Waals surface area contributed by atoms with Crippen LogP contribution < -0.4 is 10.6 Å². The molecule has 0 spiro atoms. The smallest absolute Gasteiger partial charge is 0.134 e. The molecule has 1 fully saturated rings. The average molecular weight is 227 g/mol. The molecule has 1 aliphatic rings. The fourth-order valence-electron chi connectivity index (χ4n) is 2.12. The molecule has 2 aromatic rings. The van der Waals surface area contributed by atoms with Crippen molar-refractivity contribution in [3.8, 4) is 0 Å². The number of nitrogens with one attached hydrogen (secondary N) is 2. The lowest BCUT2D eigenvalue weighted by Gasteiger charge is -2.11. The molecular formula is C14H17N3. The third-order valence-corrected chi connectivity index (χ3v) is 3.16. The monoisotopic (exact) mass is 227 g/mol. The van der Waals surface area contributed by atoms with E-state index in [0.29, 0.717) is 6.04 Å². The second kappa shape index (κ2) is 4.34. The van der Waals surface area contributed by atoms with Gasteiger partial charge in [-0.25, -0.2) is 4.98 Å². The van der Waals surface area contributed by atoms with Crippen LogP contribution in [0, 0.1) is 0 Å². The molecule has 0 aliphatic heterocycles. The number of hydrogen-bond acceptors (Lipinski definition) is 3. The summed E-state index contributed by atoms with van der Waals surface area (Å²) >= 11 is 0. The molecule has 2 N–H and O–H groups in total. The Labute approximate surface area is 101 Å². The number of aromatic nitrogens is 1. The van der Waals surface area contributed by atoms with Crippen LogP contribution in [-0.2, 0) is 6.54 Å². The van der Waals surface area contributed by atoms with Crippen molar-refractivity contribution in [2.24, 2.45) is 0 Å². The minimum atomic E-state index is 0.640. The number of pyridine rings is 1. The van der Waals surface area contributed by atoms with Crippen molar-refractivity contribution in [2.45, 2.75) is 25.4 Å². The van der Waals surface area contributed by atoms with Crippen LogP contribution in [0.1, 0.15) is 18.4 Å². The Morgan fingerprint density at radius 2 is 2.00 bits per heavy atom.